The molecule has 27 heavy (non-hydrogen) atoms. The Hall–Kier alpha value is -1.83. The number of nitrogens with zero attached hydrogens (tertiary/aromatic N) is 2. The highest BCUT2D eigenvalue weighted by atomic mass is 32.2. The molecule has 2 N–H and O–H groups in total. The Morgan fingerprint density at radius 3 is 2.26 bits per heavy atom. The lowest BCUT2D eigenvalue weighted by Crippen LogP contribution is -2.30. The minimum absolute atomic E-state index is 0.245. The number of hydrogen-bond acceptors (Lipinski definition) is 6. The van der Waals surface area contributed by atoms with Crippen LogP contribution in [0.3, 0.4) is 0 Å². The van der Waals surface area contributed by atoms with Crippen molar-refractivity contribution in [3.63, 3.8) is 0 Å². The van der Waals surface area contributed by atoms with Crippen LogP contribution in [0.2, 0.25) is 0 Å². The summed E-state index contributed by atoms with van der Waals surface area (Å²) in [5.74, 6) is 0. The van der Waals surface area contributed by atoms with Crippen molar-refractivity contribution in [3.8, 4) is 12.1 Å². The molecule has 2 aromatic heterocycles. The van der Waals surface area contributed by atoms with Crippen molar-refractivity contribution in [2.75, 3.05) is 0 Å². The lowest BCUT2D eigenvalue weighted by molar-refractivity contribution is 0.591. The van der Waals surface area contributed by atoms with Gasteiger partial charge in [-0.3, -0.25) is 0 Å². The SMILES string of the molecule is Cc1ccc(/C(C#N)=C/c2ccc(/C=C(\C#N)C3(C)CCC(C)(N)S3)s2)s1. The monoisotopic (exact) mass is 411 g/mol. The van der Waals surface area contributed by atoms with Crippen LogP contribution in [0.4, 0.5) is 0 Å². The van der Waals surface area contributed by atoms with Crippen molar-refractivity contribution in [1.29, 1.82) is 10.5 Å². The predicted octanol–water partition coefficient (Wildman–Crippen LogP) is 6.05. The number of aryl methyl sites for hydroxylation is 1. The van der Waals surface area contributed by atoms with Crippen LogP contribution in [0.5, 0.6) is 0 Å². The minimum Gasteiger partial charge on any atom is -0.317 e. The van der Waals surface area contributed by atoms with Crippen molar-refractivity contribution in [2.45, 2.75) is 43.2 Å². The summed E-state index contributed by atoms with van der Waals surface area (Å²) in [6.07, 6.45) is 5.69. The van der Waals surface area contributed by atoms with Crippen LogP contribution in [0.15, 0.2) is 29.8 Å². The predicted molar refractivity (Wildman–Crippen MR) is 118 cm³/mol. The summed E-state index contributed by atoms with van der Waals surface area (Å²) >= 11 is 4.89. The topological polar surface area (TPSA) is 73.6 Å². The molecule has 0 radical (unpaired) electrons. The van der Waals surface area contributed by atoms with Crippen molar-refractivity contribution in [2.24, 2.45) is 5.73 Å². The number of thioether (sulfide) groups is 1. The second-order valence-electron chi connectivity index (χ2n) is 7.14. The summed E-state index contributed by atoms with van der Waals surface area (Å²) in [7, 11) is 0. The normalized spacial score (nSPS) is 26.0. The van der Waals surface area contributed by atoms with E-state index in [1.807, 2.05) is 50.3 Å². The maximum atomic E-state index is 9.70. The fourth-order valence-corrected chi connectivity index (χ4v) is 6.53. The molecule has 0 saturated carbocycles. The summed E-state index contributed by atoms with van der Waals surface area (Å²) in [5.41, 5.74) is 7.69. The molecule has 6 heteroatoms. The molecule has 1 aliphatic rings. The van der Waals surface area contributed by atoms with Crippen LogP contribution in [0, 0.1) is 29.6 Å². The molecule has 3 nitrogen and oxygen atoms in total. The molecule has 1 saturated heterocycles. The van der Waals surface area contributed by atoms with Gasteiger partial charge in [-0.2, -0.15) is 10.5 Å². The van der Waals surface area contributed by atoms with E-state index in [1.54, 1.807) is 34.4 Å². The van der Waals surface area contributed by atoms with Crippen LogP contribution in [-0.4, -0.2) is 9.62 Å². The Bertz CT molecular complexity index is 995. The molecule has 0 bridgehead atoms. The third-order valence-electron chi connectivity index (χ3n) is 4.59. The van der Waals surface area contributed by atoms with Gasteiger partial charge in [-0.05, 0) is 70.0 Å². The molecule has 2 unspecified atom stereocenters. The van der Waals surface area contributed by atoms with Crippen LogP contribution < -0.4 is 5.73 Å². The van der Waals surface area contributed by atoms with Gasteiger partial charge in [0.15, 0.2) is 0 Å². The Kier molecular flexibility index (Phi) is 5.65. The largest absolute Gasteiger partial charge is 0.317 e. The van der Waals surface area contributed by atoms with E-state index in [4.69, 9.17) is 5.73 Å². The van der Waals surface area contributed by atoms with Crippen LogP contribution in [0.1, 0.15) is 46.2 Å². The van der Waals surface area contributed by atoms with Crippen molar-refractivity contribution >= 4 is 52.2 Å². The Labute approximate surface area is 172 Å². The number of hydrogen-bond donors (Lipinski definition) is 1. The molecule has 0 aliphatic carbocycles. The highest BCUT2D eigenvalue weighted by Crippen LogP contribution is 2.51. The molecule has 3 rings (SSSR count). The first-order valence-corrected chi connectivity index (χ1v) is 11.1. The van der Waals surface area contributed by atoms with E-state index < -0.39 is 0 Å². The number of thiophene rings is 2. The smallest absolute Gasteiger partial charge is 0.101 e. The van der Waals surface area contributed by atoms with E-state index in [2.05, 4.69) is 19.1 Å². The van der Waals surface area contributed by atoms with Crippen molar-refractivity contribution in [1.82, 2.24) is 0 Å². The number of nitriles is 2. The fraction of sp³-hybridized carbons (Fsp3) is 0.333. The molecule has 2 atom stereocenters. The zero-order valence-electron chi connectivity index (χ0n) is 15.6. The van der Waals surface area contributed by atoms with E-state index in [0.29, 0.717) is 5.57 Å². The number of allylic oxidation sites excluding steroid dienone is 1. The van der Waals surface area contributed by atoms with Gasteiger partial charge in [0.2, 0.25) is 0 Å². The maximum absolute atomic E-state index is 9.70. The van der Waals surface area contributed by atoms with Gasteiger partial charge in [-0.25, -0.2) is 0 Å². The summed E-state index contributed by atoms with van der Waals surface area (Å²) in [5, 5.41) is 19.2. The standard InChI is InChI=1S/C21H21N3S3/c1-14-4-7-19(25-14)15(12-22)10-17-5-6-18(26-17)11-16(13-23)20(2)8-9-21(3,24)27-20/h4-7,10-11H,8-9,24H2,1-3H3/b15-10+,16-11+. The van der Waals surface area contributed by atoms with Gasteiger partial charge in [0, 0.05) is 29.8 Å². The molecule has 0 aromatic carbocycles. The first-order valence-electron chi connectivity index (χ1n) is 8.64. The zero-order valence-corrected chi connectivity index (χ0v) is 18.0. The van der Waals surface area contributed by atoms with Crippen LogP contribution in [-0.2, 0) is 0 Å². The molecule has 0 spiro atoms. The first-order chi connectivity index (χ1) is 12.7. The first kappa shape index (κ1) is 19.9. The van der Waals surface area contributed by atoms with Gasteiger partial charge in [-0.1, -0.05) is 0 Å². The Morgan fingerprint density at radius 2 is 1.74 bits per heavy atom. The quantitative estimate of drug-likeness (QED) is 0.622. The van der Waals surface area contributed by atoms with Gasteiger partial charge in [0.25, 0.3) is 0 Å². The average Bonchev–Trinajstić information content (AvgIpc) is 3.30. The molecule has 1 aliphatic heterocycles. The molecular formula is C21H21N3S3. The van der Waals surface area contributed by atoms with Gasteiger partial charge in [-0.15, -0.1) is 34.4 Å². The third-order valence-corrected chi connectivity index (χ3v) is 8.15. The molecule has 3 heterocycles. The highest BCUT2D eigenvalue weighted by molar-refractivity contribution is 8.02. The van der Waals surface area contributed by atoms with Gasteiger partial charge in [0.1, 0.15) is 6.07 Å². The summed E-state index contributed by atoms with van der Waals surface area (Å²) < 4.78 is -0.245. The highest BCUT2D eigenvalue weighted by Gasteiger charge is 2.43. The zero-order chi connectivity index (χ0) is 19.7. The van der Waals surface area contributed by atoms with Crippen molar-refractivity contribution < 1.29 is 0 Å². The Balaban J connectivity index is 1.87. The molecule has 2 aromatic rings. The molecular weight excluding hydrogens is 390 g/mol. The number of nitrogens with two attached hydrogens (primary N) is 1. The maximum Gasteiger partial charge on any atom is 0.101 e. The molecule has 0 amide bonds. The van der Waals surface area contributed by atoms with E-state index in [1.165, 1.54) is 4.88 Å². The van der Waals surface area contributed by atoms with Gasteiger partial charge >= 0.3 is 0 Å². The fourth-order valence-electron chi connectivity index (χ4n) is 3.14. The van der Waals surface area contributed by atoms with Gasteiger partial charge < -0.3 is 5.73 Å². The Morgan fingerprint density at radius 1 is 1.04 bits per heavy atom. The second-order valence-corrected chi connectivity index (χ2v) is 11.6. The van der Waals surface area contributed by atoms with Crippen molar-refractivity contribution in [3.05, 3.63) is 49.3 Å². The lowest BCUT2D eigenvalue weighted by atomic mass is 9.94. The van der Waals surface area contributed by atoms with E-state index in [-0.39, 0.29) is 9.62 Å². The van der Waals surface area contributed by atoms with E-state index in [9.17, 15) is 10.5 Å². The summed E-state index contributed by atoms with van der Waals surface area (Å²) in [4.78, 5) is 3.91. The molecule has 138 valence electrons. The lowest BCUT2D eigenvalue weighted by Gasteiger charge is -2.25. The van der Waals surface area contributed by atoms with Crippen LogP contribution >= 0.6 is 34.4 Å². The van der Waals surface area contributed by atoms with E-state index >= 15 is 0 Å². The summed E-state index contributed by atoms with van der Waals surface area (Å²) in [6.45, 7) is 6.17. The minimum atomic E-state index is -0.283. The van der Waals surface area contributed by atoms with E-state index in [0.717, 1.165) is 33.0 Å². The molecule has 1 fully saturated rings. The summed E-state index contributed by atoms with van der Waals surface area (Å²) in [6, 6.07) is 12.7. The van der Waals surface area contributed by atoms with Crippen LogP contribution in [0.25, 0.3) is 17.7 Å². The third kappa shape index (κ3) is 4.54. The average molecular weight is 412 g/mol. The number of rotatable bonds is 4. The van der Waals surface area contributed by atoms with Gasteiger partial charge in [0.05, 0.1) is 16.5 Å². The second kappa shape index (κ2) is 7.66.